The van der Waals surface area contributed by atoms with Crippen LogP contribution in [0.4, 0.5) is 0 Å². The van der Waals surface area contributed by atoms with E-state index in [2.05, 4.69) is 52.8 Å². The molecule has 6 heteroatoms. The summed E-state index contributed by atoms with van der Waals surface area (Å²) in [5, 5.41) is 8.34. The quantitative estimate of drug-likeness (QED) is 0.467. The van der Waals surface area contributed by atoms with Gasteiger partial charge < -0.3 is 4.90 Å². The topological polar surface area (TPSA) is 51.0 Å². The zero-order chi connectivity index (χ0) is 20.0. The molecule has 4 aromatic rings. The highest BCUT2D eigenvalue weighted by Gasteiger charge is 2.31. The molecule has 0 fully saturated rings. The number of carbonyl (C=O) groups is 1. The molecule has 0 saturated heterocycles. The number of nitrogens with zero attached hydrogens (tertiary/aromatic N) is 4. The van der Waals surface area contributed by atoms with Gasteiger partial charge in [-0.05, 0) is 53.6 Å². The SMILES string of the molecule is C=CC(=O)N1Cc2c(-c3ccncc3)c(-c3ccc4ccsc4c3)nn2CC1C. The molecule has 0 aliphatic carbocycles. The summed E-state index contributed by atoms with van der Waals surface area (Å²) in [5.74, 6) is -0.0489. The Bertz CT molecular complexity index is 1220. The van der Waals surface area contributed by atoms with Crippen LogP contribution in [0.15, 0.2) is 66.8 Å². The predicted molar refractivity (Wildman–Crippen MR) is 116 cm³/mol. The van der Waals surface area contributed by atoms with E-state index < -0.39 is 0 Å². The fourth-order valence-electron chi connectivity index (χ4n) is 4.01. The van der Waals surface area contributed by atoms with Gasteiger partial charge in [-0.1, -0.05) is 18.7 Å². The summed E-state index contributed by atoms with van der Waals surface area (Å²) >= 11 is 1.73. The molecule has 4 heterocycles. The largest absolute Gasteiger partial charge is 0.329 e. The number of rotatable bonds is 3. The van der Waals surface area contributed by atoms with Gasteiger partial charge in [-0.3, -0.25) is 14.5 Å². The van der Waals surface area contributed by atoms with Gasteiger partial charge in [-0.15, -0.1) is 11.3 Å². The van der Waals surface area contributed by atoms with E-state index in [0.29, 0.717) is 13.1 Å². The Morgan fingerprint density at radius 1 is 1.21 bits per heavy atom. The summed E-state index contributed by atoms with van der Waals surface area (Å²) < 4.78 is 3.30. The first-order valence-electron chi connectivity index (χ1n) is 9.56. The van der Waals surface area contributed by atoms with Crippen molar-refractivity contribution >= 4 is 27.3 Å². The van der Waals surface area contributed by atoms with Gasteiger partial charge in [0.2, 0.25) is 5.91 Å². The molecule has 0 spiro atoms. The maximum absolute atomic E-state index is 12.4. The highest BCUT2D eigenvalue weighted by atomic mass is 32.1. The highest BCUT2D eigenvalue weighted by Crippen LogP contribution is 2.38. The third-order valence-electron chi connectivity index (χ3n) is 5.50. The van der Waals surface area contributed by atoms with Crippen molar-refractivity contribution in [2.45, 2.75) is 26.1 Å². The smallest absolute Gasteiger partial charge is 0.246 e. The van der Waals surface area contributed by atoms with Gasteiger partial charge in [0, 0.05) is 34.3 Å². The van der Waals surface area contributed by atoms with Crippen molar-refractivity contribution in [2.75, 3.05) is 0 Å². The average molecular weight is 401 g/mol. The van der Waals surface area contributed by atoms with Gasteiger partial charge in [0.25, 0.3) is 0 Å². The van der Waals surface area contributed by atoms with Crippen LogP contribution in [0.25, 0.3) is 32.5 Å². The molecule has 1 aliphatic heterocycles. The summed E-state index contributed by atoms with van der Waals surface area (Å²) in [6.45, 7) is 6.89. The van der Waals surface area contributed by atoms with Gasteiger partial charge in [0.05, 0.1) is 18.8 Å². The fraction of sp³-hybridized carbons (Fsp3) is 0.174. The minimum Gasteiger partial charge on any atom is -0.329 e. The summed E-state index contributed by atoms with van der Waals surface area (Å²) in [7, 11) is 0. The molecule has 1 aromatic carbocycles. The molecule has 1 amide bonds. The van der Waals surface area contributed by atoms with E-state index >= 15 is 0 Å². The lowest BCUT2D eigenvalue weighted by atomic mass is 9.98. The minimum atomic E-state index is -0.0489. The normalized spacial score (nSPS) is 16.0. The van der Waals surface area contributed by atoms with Crippen LogP contribution in [0, 0.1) is 0 Å². The first-order chi connectivity index (χ1) is 14.2. The number of carbonyl (C=O) groups excluding carboxylic acids is 1. The lowest BCUT2D eigenvalue weighted by Gasteiger charge is -2.33. The standard InChI is InChI=1S/C23H20N4OS/c1-3-21(28)26-14-19-22(17-6-9-24-10-7-17)23(25-27(19)13-15(26)2)18-5-4-16-8-11-29-20(16)12-18/h3-12,15H,1,13-14H2,2H3. The van der Waals surface area contributed by atoms with Crippen LogP contribution in [0.5, 0.6) is 0 Å². The van der Waals surface area contributed by atoms with Crippen molar-refractivity contribution in [2.24, 2.45) is 0 Å². The van der Waals surface area contributed by atoms with Crippen LogP contribution >= 0.6 is 11.3 Å². The van der Waals surface area contributed by atoms with E-state index in [1.807, 2.05) is 17.0 Å². The summed E-state index contributed by atoms with van der Waals surface area (Å²) in [6, 6.07) is 12.7. The molecule has 1 unspecified atom stereocenters. The lowest BCUT2D eigenvalue weighted by molar-refractivity contribution is -0.129. The molecule has 1 aliphatic rings. The Kier molecular flexibility index (Phi) is 4.28. The Balaban J connectivity index is 1.72. The van der Waals surface area contributed by atoms with Crippen molar-refractivity contribution in [3.8, 4) is 22.4 Å². The van der Waals surface area contributed by atoms with Crippen molar-refractivity contribution in [1.29, 1.82) is 0 Å². The monoisotopic (exact) mass is 400 g/mol. The Hall–Kier alpha value is -3.25. The van der Waals surface area contributed by atoms with Gasteiger partial charge in [-0.25, -0.2) is 0 Å². The summed E-state index contributed by atoms with van der Waals surface area (Å²) in [6.07, 6.45) is 4.98. The number of hydrogen-bond acceptors (Lipinski definition) is 4. The summed E-state index contributed by atoms with van der Waals surface area (Å²) in [5.41, 5.74) is 5.20. The molecule has 5 rings (SSSR count). The van der Waals surface area contributed by atoms with Crippen molar-refractivity contribution in [3.63, 3.8) is 0 Å². The number of thiophene rings is 1. The van der Waals surface area contributed by atoms with E-state index in [0.717, 1.165) is 28.1 Å². The fourth-order valence-corrected chi connectivity index (χ4v) is 4.84. The molecule has 0 saturated carbocycles. The zero-order valence-corrected chi connectivity index (χ0v) is 16.9. The third kappa shape index (κ3) is 2.96. The number of hydrogen-bond donors (Lipinski definition) is 0. The maximum Gasteiger partial charge on any atom is 0.246 e. The maximum atomic E-state index is 12.4. The van der Waals surface area contributed by atoms with E-state index in [4.69, 9.17) is 5.10 Å². The molecule has 144 valence electrons. The van der Waals surface area contributed by atoms with Gasteiger partial charge >= 0.3 is 0 Å². The van der Waals surface area contributed by atoms with Gasteiger partial charge in [-0.2, -0.15) is 5.10 Å². The molecule has 0 radical (unpaired) electrons. The minimum absolute atomic E-state index is 0.0489. The zero-order valence-electron chi connectivity index (χ0n) is 16.1. The Labute approximate surface area is 172 Å². The molecular weight excluding hydrogens is 380 g/mol. The van der Waals surface area contributed by atoms with Crippen LogP contribution in [0.2, 0.25) is 0 Å². The van der Waals surface area contributed by atoms with Crippen LogP contribution < -0.4 is 0 Å². The predicted octanol–water partition coefficient (Wildman–Crippen LogP) is 4.74. The first kappa shape index (κ1) is 17.8. The average Bonchev–Trinajstić information content (AvgIpc) is 3.36. The number of aromatic nitrogens is 3. The summed E-state index contributed by atoms with van der Waals surface area (Å²) in [4.78, 5) is 18.4. The lowest BCUT2D eigenvalue weighted by Crippen LogP contribution is -2.44. The van der Waals surface area contributed by atoms with Crippen molar-refractivity contribution in [3.05, 3.63) is 72.5 Å². The van der Waals surface area contributed by atoms with Crippen LogP contribution in [-0.4, -0.2) is 31.6 Å². The van der Waals surface area contributed by atoms with E-state index in [1.54, 1.807) is 23.7 Å². The molecule has 1 atom stereocenters. The number of pyridine rings is 1. The molecular formula is C23H20N4OS. The number of benzene rings is 1. The van der Waals surface area contributed by atoms with E-state index in [-0.39, 0.29) is 11.9 Å². The molecule has 0 bridgehead atoms. The van der Waals surface area contributed by atoms with Gasteiger partial charge in [0.15, 0.2) is 0 Å². The Morgan fingerprint density at radius 2 is 2.03 bits per heavy atom. The molecule has 0 N–H and O–H groups in total. The van der Waals surface area contributed by atoms with Crippen molar-refractivity contribution < 1.29 is 4.79 Å². The molecule has 5 nitrogen and oxygen atoms in total. The highest BCUT2D eigenvalue weighted by molar-refractivity contribution is 7.17. The first-order valence-corrected chi connectivity index (χ1v) is 10.4. The van der Waals surface area contributed by atoms with Gasteiger partial charge in [0.1, 0.15) is 5.69 Å². The molecule has 29 heavy (non-hydrogen) atoms. The second-order valence-corrected chi connectivity index (χ2v) is 8.23. The van der Waals surface area contributed by atoms with E-state index in [9.17, 15) is 4.79 Å². The number of fused-ring (bicyclic) bond motifs is 2. The number of amides is 1. The van der Waals surface area contributed by atoms with E-state index in [1.165, 1.54) is 16.2 Å². The third-order valence-corrected chi connectivity index (χ3v) is 6.38. The van der Waals surface area contributed by atoms with Crippen molar-refractivity contribution in [1.82, 2.24) is 19.7 Å². The second kappa shape index (κ2) is 6.97. The van der Waals surface area contributed by atoms with Crippen LogP contribution in [0.3, 0.4) is 0 Å². The van der Waals surface area contributed by atoms with Crippen LogP contribution in [0.1, 0.15) is 12.6 Å². The second-order valence-electron chi connectivity index (χ2n) is 7.28. The molecule has 3 aromatic heterocycles. The van der Waals surface area contributed by atoms with Crippen LogP contribution in [-0.2, 0) is 17.9 Å². The Morgan fingerprint density at radius 3 is 2.83 bits per heavy atom.